The van der Waals surface area contributed by atoms with E-state index in [0.717, 1.165) is 38.7 Å². The molecule has 0 aliphatic carbocycles. The van der Waals surface area contributed by atoms with Crippen molar-refractivity contribution in [2.24, 2.45) is 5.73 Å². The smallest absolute Gasteiger partial charge is 0.220 e. The topological polar surface area (TPSA) is 64.3 Å². The summed E-state index contributed by atoms with van der Waals surface area (Å²) in [6.07, 6.45) is 5.67. The molecule has 3 N–H and O–H groups in total. The number of ether oxygens (including phenoxy) is 1. The first-order valence-electron chi connectivity index (χ1n) is 6.77. The lowest BCUT2D eigenvalue weighted by molar-refractivity contribution is -0.122. The van der Waals surface area contributed by atoms with E-state index in [9.17, 15) is 4.79 Å². The number of amides is 1. The van der Waals surface area contributed by atoms with Crippen LogP contribution in [0.4, 0.5) is 0 Å². The van der Waals surface area contributed by atoms with Crippen LogP contribution < -0.4 is 11.1 Å². The maximum atomic E-state index is 11.7. The summed E-state index contributed by atoms with van der Waals surface area (Å²) in [6.45, 7) is 5.54. The lowest BCUT2D eigenvalue weighted by Gasteiger charge is -2.26. The highest BCUT2D eigenvalue weighted by Crippen LogP contribution is 2.16. The fraction of sp³-hybridized carbons (Fsp3) is 0.923. The predicted octanol–water partition coefficient (Wildman–Crippen LogP) is 1.58. The lowest BCUT2D eigenvalue weighted by Crippen LogP contribution is -2.49. The fourth-order valence-corrected chi connectivity index (χ4v) is 2.03. The molecule has 0 aromatic rings. The number of hydrogen-bond donors (Lipinski definition) is 2. The second kappa shape index (κ2) is 6.97. The Kier molecular flexibility index (Phi) is 5.92. The van der Waals surface area contributed by atoms with Gasteiger partial charge in [0.15, 0.2) is 0 Å². The third kappa shape index (κ3) is 5.04. The highest BCUT2D eigenvalue weighted by molar-refractivity contribution is 5.75. The van der Waals surface area contributed by atoms with Crippen molar-refractivity contribution in [3.8, 4) is 0 Å². The zero-order valence-electron chi connectivity index (χ0n) is 11.1. The van der Waals surface area contributed by atoms with Gasteiger partial charge in [-0.2, -0.15) is 0 Å². The van der Waals surface area contributed by atoms with Crippen molar-refractivity contribution >= 4 is 5.91 Å². The van der Waals surface area contributed by atoms with Gasteiger partial charge in [0.25, 0.3) is 0 Å². The summed E-state index contributed by atoms with van der Waals surface area (Å²) in [5.41, 5.74) is 5.87. The number of nitrogens with one attached hydrogen (secondary N) is 1. The van der Waals surface area contributed by atoms with Gasteiger partial charge in [0.05, 0.1) is 6.10 Å². The Hall–Kier alpha value is -0.610. The Morgan fingerprint density at radius 3 is 2.71 bits per heavy atom. The van der Waals surface area contributed by atoms with Crippen LogP contribution in [0.1, 0.15) is 52.4 Å². The van der Waals surface area contributed by atoms with Crippen LogP contribution in [0.2, 0.25) is 0 Å². The van der Waals surface area contributed by atoms with Crippen LogP contribution >= 0.6 is 0 Å². The molecule has 17 heavy (non-hydrogen) atoms. The molecule has 1 amide bonds. The maximum absolute atomic E-state index is 11.7. The van der Waals surface area contributed by atoms with Gasteiger partial charge in [-0.05, 0) is 32.1 Å². The Morgan fingerprint density at radius 2 is 2.18 bits per heavy atom. The first-order valence-corrected chi connectivity index (χ1v) is 6.77. The van der Waals surface area contributed by atoms with Gasteiger partial charge in [-0.1, -0.05) is 13.8 Å². The van der Waals surface area contributed by atoms with Crippen molar-refractivity contribution in [3.63, 3.8) is 0 Å². The number of carbonyl (C=O) groups is 1. The molecular formula is C13H26N2O2. The highest BCUT2D eigenvalue weighted by Gasteiger charge is 2.21. The molecule has 100 valence electrons. The molecule has 4 nitrogen and oxygen atoms in total. The Bertz CT molecular complexity index is 234. The summed E-state index contributed by atoms with van der Waals surface area (Å²) in [6, 6.07) is 0. The third-order valence-corrected chi connectivity index (χ3v) is 3.76. The Labute approximate surface area is 104 Å². The maximum Gasteiger partial charge on any atom is 0.220 e. The minimum absolute atomic E-state index is 0.0947. The van der Waals surface area contributed by atoms with Crippen molar-refractivity contribution in [2.75, 3.05) is 13.2 Å². The molecule has 4 heteroatoms. The monoisotopic (exact) mass is 242 g/mol. The second-order valence-corrected chi connectivity index (χ2v) is 5.02. The van der Waals surface area contributed by atoms with Gasteiger partial charge in [0.2, 0.25) is 5.91 Å². The molecule has 1 aliphatic rings. The number of rotatable bonds is 7. The van der Waals surface area contributed by atoms with Gasteiger partial charge in [-0.25, -0.2) is 0 Å². The largest absolute Gasteiger partial charge is 0.378 e. The van der Waals surface area contributed by atoms with Gasteiger partial charge in [0, 0.05) is 25.1 Å². The third-order valence-electron chi connectivity index (χ3n) is 3.76. The summed E-state index contributed by atoms with van der Waals surface area (Å²) in [5.74, 6) is 0.0947. The molecule has 1 aliphatic heterocycles. The van der Waals surface area contributed by atoms with E-state index < -0.39 is 0 Å². The molecular weight excluding hydrogens is 216 g/mol. The van der Waals surface area contributed by atoms with Gasteiger partial charge >= 0.3 is 0 Å². The van der Waals surface area contributed by atoms with Crippen LogP contribution in [0.25, 0.3) is 0 Å². The highest BCUT2D eigenvalue weighted by atomic mass is 16.5. The van der Waals surface area contributed by atoms with E-state index in [-0.39, 0.29) is 11.4 Å². The molecule has 0 saturated carbocycles. The van der Waals surface area contributed by atoms with E-state index in [2.05, 4.69) is 19.2 Å². The molecule has 0 bridgehead atoms. The number of carbonyl (C=O) groups excluding carboxylic acids is 1. The van der Waals surface area contributed by atoms with Gasteiger partial charge in [-0.15, -0.1) is 0 Å². The van der Waals surface area contributed by atoms with E-state index in [4.69, 9.17) is 10.5 Å². The van der Waals surface area contributed by atoms with E-state index in [1.165, 1.54) is 0 Å². The van der Waals surface area contributed by atoms with Gasteiger partial charge < -0.3 is 15.8 Å². The van der Waals surface area contributed by atoms with Crippen LogP contribution in [0, 0.1) is 0 Å². The molecule has 1 unspecified atom stereocenters. The molecule has 1 fully saturated rings. The Morgan fingerprint density at radius 1 is 1.47 bits per heavy atom. The Balaban J connectivity index is 2.16. The second-order valence-electron chi connectivity index (χ2n) is 5.02. The summed E-state index contributed by atoms with van der Waals surface area (Å²) < 4.78 is 5.49. The zero-order chi connectivity index (χ0) is 12.7. The molecule has 1 atom stereocenters. The van der Waals surface area contributed by atoms with Crippen molar-refractivity contribution in [2.45, 2.75) is 64.0 Å². The number of hydrogen-bond acceptors (Lipinski definition) is 3. The normalized spacial score (nSPS) is 20.5. The van der Waals surface area contributed by atoms with Crippen LogP contribution in [-0.2, 0) is 9.53 Å². The van der Waals surface area contributed by atoms with E-state index in [0.29, 0.717) is 19.1 Å². The van der Waals surface area contributed by atoms with Crippen molar-refractivity contribution in [1.29, 1.82) is 0 Å². The first-order chi connectivity index (χ1) is 8.09. The summed E-state index contributed by atoms with van der Waals surface area (Å²) >= 11 is 0. The van der Waals surface area contributed by atoms with Crippen molar-refractivity contribution < 1.29 is 9.53 Å². The molecule has 1 saturated heterocycles. The minimum Gasteiger partial charge on any atom is -0.378 e. The van der Waals surface area contributed by atoms with Crippen LogP contribution in [0.5, 0.6) is 0 Å². The summed E-state index contributed by atoms with van der Waals surface area (Å²) in [5, 5.41) is 2.93. The van der Waals surface area contributed by atoms with Crippen LogP contribution in [-0.4, -0.2) is 30.7 Å². The average molecular weight is 242 g/mol. The zero-order valence-corrected chi connectivity index (χ0v) is 11.1. The fourth-order valence-electron chi connectivity index (χ4n) is 2.03. The molecule has 1 rings (SSSR count). The number of nitrogens with two attached hydrogens (primary N) is 1. The summed E-state index contributed by atoms with van der Waals surface area (Å²) in [7, 11) is 0. The molecule has 0 radical (unpaired) electrons. The predicted molar refractivity (Wildman–Crippen MR) is 68.7 cm³/mol. The first kappa shape index (κ1) is 14.5. The SMILES string of the molecule is CCC(N)(CC)CNC(=O)CCC1CCCO1. The van der Waals surface area contributed by atoms with Crippen molar-refractivity contribution in [3.05, 3.63) is 0 Å². The van der Waals surface area contributed by atoms with Gasteiger partial charge in [-0.3, -0.25) is 4.79 Å². The van der Waals surface area contributed by atoms with E-state index in [1.54, 1.807) is 0 Å². The molecule has 1 heterocycles. The summed E-state index contributed by atoms with van der Waals surface area (Å²) in [4.78, 5) is 11.7. The quantitative estimate of drug-likeness (QED) is 0.712. The van der Waals surface area contributed by atoms with Crippen LogP contribution in [0.3, 0.4) is 0 Å². The molecule has 0 aromatic heterocycles. The van der Waals surface area contributed by atoms with E-state index >= 15 is 0 Å². The van der Waals surface area contributed by atoms with Crippen molar-refractivity contribution in [1.82, 2.24) is 5.32 Å². The lowest BCUT2D eigenvalue weighted by atomic mass is 9.94. The van der Waals surface area contributed by atoms with Crippen LogP contribution in [0.15, 0.2) is 0 Å². The average Bonchev–Trinajstić information content (AvgIpc) is 2.86. The van der Waals surface area contributed by atoms with E-state index in [1.807, 2.05) is 0 Å². The molecule has 0 spiro atoms. The minimum atomic E-state index is -0.250. The van der Waals surface area contributed by atoms with Gasteiger partial charge in [0.1, 0.15) is 0 Å². The molecule has 0 aromatic carbocycles. The standard InChI is InChI=1S/C13H26N2O2/c1-3-13(14,4-2)10-15-12(16)8-7-11-6-5-9-17-11/h11H,3-10,14H2,1-2H3,(H,15,16).